The molecule has 1 aromatic carbocycles. The Kier molecular flexibility index (Phi) is 2.63. The molecule has 15 heavy (non-hydrogen) atoms. The van der Waals surface area contributed by atoms with Crippen LogP contribution < -0.4 is 5.32 Å². The predicted octanol–water partition coefficient (Wildman–Crippen LogP) is 2.84. The molecule has 0 aliphatic carbocycles. The van der Waals surface area contributed by atoms with Crippen molar-refractivity contribution in [2.24, 2.45) is 0 Å². The Labute approximate surface area is 89.2 Å². The lowest BCUT2D eigenvalue weighted by Gasteiger charge is -2.05. The van der Waals surface area contributed by atoms with Gasteiger partial charge in [0, 0.05) is 5.69 Å². The molecule has 2 aromatic rings. The number of aryl methyl sites for hydroxylation is 2. The highest BCUT2D eigenvalue weighted by atomic mass is 15.2. The van der Waals surface area contributed by atoms with Gasteiger partial charge in [-0.1, -0.05) is 12.1 Å². The Morgan fingerprint density at radius 3 is 2.53 bits per heavy atom. The van der Waals surface area contributed by atoms with E-state index in [1.165, 1.54) is 5.56 Å². The number of rotatable bonds is 2. The second-order valence-corrected chi connectivity index (χ2v) is 3.55. The van der Waals surface area contributed by atoms with Gasteiger partial charge in [0.25, 0.3) is 0 Å². The zero-order valence-corrected chi connectivity index (χ0v) is 8.86. The first kappa shape index (κ1) is 9.65. The molecule has 0 bridgehead atoms. The molecule has 1 N–H and O–H groups in total. The quantitative estimate of drug-likeness (QED) is 0.808. The minimum Gasteiger partial charge on any atom is -0.339 e. The number of aromatic nitrogens is 2. The SMILES string of the molecule is Cc1cccc(Nc2ccc(C)nn2)c1. The lowest BCUT2D eigenvalue weighted by Crippen LogP contribution is -1.96. The molecule has 0 atom stereocenters. The molecule has 0 saturated heterocycles. The van der Waals surface area contributed by atoms with Crippen LogP contribution in [0.25, 0.3) is 0 Å². The Bertz CT molecular complexity index is 449. The van der Waals surface area contributed by atoms with Crippen molar-refractivity contribution in [3.8, 4) is 0 Å². The highest BCUT2D eigenvalue weighted by Crippen LogP contribution is 2.14. The average Bonchev–Trinajstić information content (AvgIpc) is 2.22. The summed E-state index contributed by atoms with van der Waals surface area (Å²) in [5, 5.41) is 11.2. The number of benzene rings is 1. The molecule has 0 aliphatic heterocycles. The second kappa shape index (κ2) is 4.09. The third-order valence-corrected chi connectivity index (χ3v) is 2.09. The van der Waals surface area contributed by atoms with Crippen LogP contribution in [0.2, 0.25) is 0 Å². The third-order valence-electron chi connectivity index (χ3n) is 2.09. The van der Waals surface area contributed by atoms with Crippen LogP contribution in [-0.2, 0) is 0 Å². The van der Waals surface area contributed by atoms with E-state index < -0.39 is 0 Å². The van der Waals surface area contributed by atoms with E-state index in [1.807, 2.05) is 31.2 Å². The number of nitrogens with zero attached hydrogens (tertiary/aromatic N) is 2. The second-order valence-electron chi connectivity index (χ2n) is 3.55. The predicted molar refractivity (Wildman–Crippen MR) is 61.2 cm³/mol. The van der Waals surface area contributed by atoms with E-state index in [2.05, 4.69) is 34.6 Å². The lowest BCUT2D eigenvalue weighted by atomic mass is 10.2. The number of nitrogens with one attached hydrogen (secondary N) is 1. The van der Waals surface area contributed by atoms with Gasteiger partial charge in [0.05, 0.1) is 5.69 Å². The van der Waals surface area contributed by atoms with Crippen molar-refractivity contribution in [1.82, 2.24) is 10.2 Å². The van der Waals surface area contributed by atoms with E-state index >= 15 is 0 Å². The molecule has 0 fully saturated rings. The van der Waals surface area contributed by atoms with Gasteiger partial charge in [0.2, 0.25) is 0 Å². The monoisotopic (exact) mass is 199 g/mol. The first-order valence-corrected chi connectivity index (χ1v) is 4.88. The summed E-state index contributed by atoms with van der Waals surface area (Å²) < 4.78 is 0. The van der Waals surface area contributed by atoms with Crippen molar-refractivity contribution >= 4 is 11.5 Å². The molecular weight excluding hydrogens is 186 g/mol. The van der Waals surface area contributed by atoms with Gasteiger partial charge in [0.1, 0.15) is 0 Å². The molecule has 0 spiro atoms. The number of hydrogen-bond acceptors (Lipinski definition) is 3. The van der Waals surface area contributed by atoms with E-state index in [0.29, 0.717) is 0 Å². The van der Waals surface area contributed by atoms with E-state index in [9.17, 15) is 0 Å². The minimum atomic E-state index is 0.770. The van der Waals surface area contributed by atoms with Crippen LogP contribution in [0.1, 0.15) is 11.3 Å². The average molecular weight is 199 g/mol. The molecule has 1 heterocycles. The van der Waals surface area contributed by atoms with E-state index in [1.54, 1.807) is 0 Å². The fraction of sp³-hybridized carbons (Fsp3) is 0.167. The van der Waals surface area contributed by atoms with Crippen molar-refractivity contribution in [3.63, 3.8) is 0 Å². The van der Waals surface area contributed by atoms with Crippen LogP contribution in [0.3, 0.4) is 0 Å². The van der Waals surface area contributed by atoms with Crippen molar-refractivity contribution in [2.75, 3.05) is 5.32 Å². The van der Waals surface area contributed by atoms with Gasteiger partial charge in [-0.3, -0.25) is 0 Å². The first-order chi connectivity index (χ1) is 7.24. The maximum Gasteiger partial charge on any atom is 0.153 e. The zero-order chi connectivity index (χ0) is 10.7. The summed E-state index contributed by atoms with van der Waals surface area (Å²) in [5.74, 6) is 0.770. The van der Waals surface area contributed by atoms with Gasteiger partial charge in [-0.15, -0.1) is 5.10 Å². The van der Waals surface area contributed by atoms with Gasteiger partial charge in [-0.25, -0.2) is 0 Å². The molecule has 0 radical (unpaired) electrons. The molecule has 0 unspecified atom stereocenters. The Morgan fingerprint density at radius 2 is 1.87 bits per heavy atom. The Hall–Kier alpha value is -1.90. The van der Waals surface area contributed by atoms with E-state index in [0.717, 1.165) is 17.2 Å². The van der Waals surface area contributed by atoms with Crippen LogP contribution in [0.4, 0.5) is 11.5 Å². The molecule has 0 aliphatic rings. The summed E-state index contributed by atoms with van der Waals surface area (Å²) in [7, 11) is 0. The molecule has 0 saturated carbocycles. The topological polar surface area (TPSA) is 37.8 Å². The summed E-state index contributed by atoms with van der Waals surface area (Å²) >= 11 is 0. The maximum atomic E-state index is 4.04. The highest BCUT2D eigenvalue weighted by molar-refractivity contribution is 5.56. The van der Waals surface area contributed by atoms with E-state index in [4.69, 9.17) is 0 Å². The zero-order valence-electron chi connectivity index (χ0n) is 8.86. The summed E-state index contributed by atoms with van der Waals surface area (Å²) in [6.07, 6.45) is 0. The molecule has 0 amide bonds. The summed E-state index contributed by atoms with van der Waals surface area (Å²) in [6, 6.07) is 12.0. The van der Waals surface area contributed by atoms with Gasteiger partial charge >= 0.3 is 0 Å². The van der Waals surface area contributed by atoms with Crippen LogP contribution in [0, 0.1) is 13.8 Å². The highest BCUT2D eigenvalue weighted by Gasteiger charge is 1.96. The molecule has 2 rings (SSSR count). The molecular formula is C12H13N3. The first-order valence-electron chi connectivity index (χ1n) is 4.88. The normalized spacial score (nSPS) is 10.0. The minimum absolute atomic E-state index is 0.770. The third kappa shape index (κ3) is 2.53. The Morgan fingerprint density at radius 1 is 1.00 bits per heavy atom. The van der Waals surface area contributed by atoms with Crippen molar-refractivity contribution in [3.05, 3.63) is 47.7 Å². The lowest BCUT2D eigenvalue weighted by molar-refractivity contribution is 0.986. The summed E-state index contributed by atoms with van der Waals surface area (Å²) in [5.41, 5.74) is 3.18. The molecule has 1 aromatic heterocycles. The van der Waals surface area contributed by atoms with Gasteiger partial charge in [0.15, 0.2) is 5.82 Å². The maximum absolute atomic E-state index is 4.04. The van der Waals surface area contributed by atoms with Gasteiger partial charge in [-0.2, -0.15) is 5.10 Å². The fourth-order valence-electron chi connectivity index (χ4n) is 1.34. The van der Waals surface area contributed by atoms with E-state index in [-0.39, 0.29) is 0 Å². The smallest absolute Gasteiger partial charge is 0.153 e. The van der Waals surface area contributed by atoms with Crippen molar-refractivity contribution in [2.45, 2.75) is 13.8 Å². The molecule has 76 valence electrons. The van der Waals surface area contributed by atoms with Crippen LogP contribution in [0.5, 0.6) is 0 Å². The number of anilines is 2. The largest absolute Gasteiger partial charge is 0.339 e. The van der Waals surface area contributed by atoms with Crippen molar-refractivity contribution in [1.29, 1.82) is 0 Å². The summed E-state index contributed by atoms with van der Waals surface area (Å²) in [4.78, 5) is 0. The number of hydrogen-bond donors (Lipinski definition) is 1. The van der Waals surface area contributed by atoms with Gasteiger partial charge in [-0.05, 0) is 43.7 Å². The Balaban J connectivity index is 2.18. The van der Waals surface area contributed by atoms with Gasteiger partial charge < -0.3 is 5.32 Å². The van der Waals surface area contributed by atoms with Crippen molar-refractivity contribution < 1.29 is 0 Å². The fourth-order valence-corrected chi connectivity index (χ4v) is 1.34. The molecule has 3 heteroatoms. The summed E-state index contributed by atoms with van der Waals surface area (Å²) in [6.45, 7) is 3.98. The molecule has 3 nitrogen and oxygen atoms in total. The van der Waals surface area contributed by atoms with Crippen LogP contribution in [0.15, 0.2) is 36.4 Å². The standard InChI is InChI=1S/C12H13N3/c1-9-4-3-5-11(8-9)13-12-7-6-10(2)14-15-12/h3-8H,1-2H3,(H,13,15). The van der Waals surface area contributed by atoms with Crippen LogP contribution in [-0.4, -0.2) is 10.2 Å². The van der Waals surface area contributed by atoms with Crippen LogP contribution >= 0.6 is 0 Å².